The molecule has 4 nitrogen and oxygen atoms in total. The van der Waals surface area contributed by atoms with Crippen molar-refractivity contribution in [3.05, 3.63) is 87.2 Å². The molecule has 0 saturated carbocycles. The van der Waals surface area contributed by atoms with Crippen molar-refractivity contribution < 1.29 is 9.59 Å². The summed E-state index contributed by atoms with van der Waals surface area (Å²) in [6.07, 6.45) is 0. The van der Waals surface area contributed by atoms with Crippen molar-refractivity contribution in [1.82, 2.24) is 0 Å². The molecule has 0 aliphatic carbocycles. The van der Waals surface area contributed by atoms with E-state index < -0.39 is 0 Å². The molecule has 3 aromatic rings. The van der Waals surface area contributed by atoms with E-state index in [4.69, 9.17) is 11.6 Å². The van der Waals surface area contributed by atoms with E-state index in [2.05, 4.69) is 19.2 Å². The molecule has 0 saturated heterocycles. The van der Waals surface area contributed by atoms with Crippen molar-refractivity contribution >= 4 is 51.7 Å². The Balaban J connectivity index is 1.74. The molecule has 4 rings (SSSR count). The van der Waals surface area contributed by atoms with Crippen LogP contribution in [0.2, 0.25) is 5.02 Å². The standard InChI is InChI=1S/C23H19ClN2O2S/c1-14(2)15-5-9-17(10-6-15)25-21-20(19-4-3-13-29-19)22(27)26(23(21)28)18-11-7-16(24)8-12-18/h3-14,25H,1-2H3. The van der Waals surface area contributed by atoms with Crippen LogP contribution in [0.4, 0.5) is 11.4 Å². The number of nitrogens with one attached hydrogen (secondary N) is 1. The Morgan fingerprint density at radius 2 is 1.62 bits per heavy atom. The molecule has 0 radical (unpaired) electrons. The molecule has 0 bridgehead atoms. The highest BCUT2D eigenvalue weighted by molar-refractivity contribution is 7.11. The van der Waals surface area contributed by atoms with Crippen LogP contribution < -0.4 is 10.2 Å². The van der Waals surface area contributed by atoms with Crippen LogP contribution in [0.1, 0.15) is 30.2 Å². The number of carbonyl (C=O) groups is 2. The highest BCUT2D eigenvalue weighted by Crippen LogP contribution is 2.36. The van der Waals surface area contributed by atoms with Crippen molar-refractivity contribution in [2.24, 2.45) is 0 Å². The minimum atomic E-state index is -0.381. The summed E-state index contributed by atoms with van der Waals surface area (Å²) in [7, 11) is 0. The summed E-state index contributed by atoms with van der Waals surface area (Å²) in [5.41, 5.74) is 3.13. The van der Waals surface area contributed by atoms with Crippen LogP contribution >= 0.6 is 22.9 Å². The van der Waals surface area contributed by atoms with Gasteiger partial charge >= 0.3 is 0 Å². The van der Waals surface area contributed by atoms with E-state index in [0.29, 0.717) is 22.2 Å². The summed E-state index contributed by atoms with van der Waals surface area (Å²) in [4.78, 5) is 28.4. The number of anilines is 2. The van der Waals surface area contributed by atoms with Crippen molar-refractivity contribution in [3.8, 4) is 0 Å². The smallest absolute Gasteiger partial charge is 0.282 e. The number of benzene rings is 2. The van der Waals surface area contributed by atoms with Gasteiger partial charge in [0.15, 0.2) is 0 Å². The summed E-state index contributed by atoms with van der Waals surface area (Å²) in [6.45, 7) is 4.26. The van der Waals surface area contributed by atoms with Crippen LogP contribution in [-0.4, -0.2) is 11.8 Å². The van der Waals surface area contributed by atoms with Crippen LogP contribution in [0.3, 0.4) is 0 Å². The van der Waals surface area contributed by atoms with E-state index in [1.165, 1.54) is 21.8 Å². The average Bonchev–Trinajstić information content (AvgIpc) is 3.30. The molecular formula is C23H19ClN2O2S. The van der Waals surface area contributed by atoms with Crippen molar-refractivity contribution in [2.75, 3.05) is 10.2 Å². The van der Waals surface area contributed by atoms with Gasteiger partial charge in [0.2, 0.25) is 0 Å². The maximum Gasteiger partial charge on any atom is 0.282 e. The van der Waals surface area contributed by atoms with Crippen molar-refractivity contribution in [2.45, 2.75) is 19.8 Å². The second kappa shape index (κ2) is 7.85. The number of carbonyl (C=O) groups excluding carboxylic acids is 2. The fourth-order valence-corrected chi connectivity index (χ4v) is 4.11. The third-order valence-electron chi connectivity index (χ3n) is 4.78. The average molecular weight is 423 g/mol. The van der Waals surface area contributed by atoms with Crippen LogP contribution in [-0.2, 0) is 9.59 Å². The lowest BCUT2D eigenvalue weighted by Gasteiger charge is -2.15. The molecule has 2 aromatic carbocycles. The summed E-state index contributed by atoms with van der Waals surface area (Å²) >= 11 is 7.39. The Morgan fingerprint density at radius 3 is 2.21 bits per heavy atom. The Kier molecular flexibility index (Phi) is 5.26. The first-order valence-electron chi connectivity index (χ1n) is 9.25. The molecule has 1 aliphatic rings. The number of halogens is 1. The van der Waals surface area contributed by atoms with E-state index in [1.807, 2.05) is 41.8 Å². The predicted molar refractivity (Wildman–Crippen MR) is 119 cm³/mol. The lowest BCUT2D eigenvalue weighted by atomic mass is 10.0. The van der Waals surface area contributed by atoms with E-state index >= 15 is 0 Å². The van der Waals surface area contributed by atoms with E-state index in [0.717, 1.165) is 10.6 Å². The molecule has 2 amide bonds. The van der Waals surface area contributed by atoms with Gasteiger partial charge in [0, 0.05) is 15.6 Å². The zero-order valence-electron chi connectivity index (χ0n) is 16.0. The zero-order valence-corrected chi connectivity index (χ0v) is 17.6. The maximum absolute atomic E-state index is 13.2. The number of hydrogen-bond donors (Lipinski definition) is 1. The second-order valence-electron chi connectivity index (χ2n) is 7.05. The Bertz CT molecular complexity index is 1080. The quantitative estimate of drug-likeness (QED) is 0.519. The molecular weight excluding hydrogens is 404 g/mol. The lowest BCUT2D eigenvalue weighted by molar-refractivity contribution is -0.120. The largest absolute Gasteiger partial charge is 0.350 e. The molecule has 1 aliphatic heterocycles. The monoisotopic (exact) mass is 422 g/mol. The highest BCUT2D eigenvalue weighted by Gasteiger charge is 2.40. The zero-order chi connectivity index (χ0) is 20.5. The van der Waals surface area contributed by atoms with Crippen LogP contribution in [0.25, 0.3) is 5.57 Å². The third kappa shape index (κ3) is 3.71. The number of amides is 2. The highest BCUT2D eigenvalue weighted by atomic mass is 35.5. The van der Waals surface area contributed by atoms with Crippen LogP contribution in [0.5, 0.6) is 0 Å². The number of hydrogen-bond acceptors (Lipinski definition) is 4. The molecule has 0 atom stereocenters. The lowest BCUT2D eigenvalue weighted by Crippen LogP contribution is -2.32. The van der Waals surface area contributed by atoms with Crippen LogP contribution in [0, 0.1) is 0 Å². The molecule has 146 valence electrons. The van der Waals surface area contributed by atoms with Gasteiger partial charge in [-0.1, -0.05) is 43.6 Å². The summed E-state index contributed by atoms with van der Waals surface area (Å²) < 4.78 is 0. The molecule has 2 heterocycles. The van der Waals surface area contributed by atoms with Gasteiger partial charge in [0.05, 0.1) is 11.3 Å². The molecule has 1 N–H and O–H groups in total. The maximum atomic E-state index is 13.2. The number of thiophene rings is 1. The van der Waals surface area contributed by atoms with Gasteiger partial charge in [-0.15, -0.1) is 11.3 Å². The Hall–Kier alpha value is -2.89. The molecule has 6 heteroatoms. The minimum absolute atomic E-state index is 0.282. The molecule has 0 fully saturated rings. The van der Waals surface area contributed by atoms with Gasteiger partial charge in [0.1, 0.15) is 5.70 Å². The molecule has 0 unspecified atom stereocenters. The summed E-state index contributed by atoms with van der Waals surface area (Å²) in [5, 5.41) is 5.62. The Labute approximate surface area is 178 Å². The van der Waals surface area contributed by atoms with Crippen molar-refractivity contribution in [3.63, 3.8) is 0 Å². The minimum Gasteiger partial charge on any atom is -0.350 e. The number of rotatable bonds is 5. The predicted octanol–water partition coefficient (Wildman–Crippen LogP) is 5.92. The van der Waals surface area contributed by atoms with Gasteiger partial charge in [-0.2, -0.15) is 0 Å². The van der Waals surface area contributed by atoms with Gasteiger partial charge in [-0.05, 0) is 59.3 Å². The van der Waals surface area contributed by atoms with Gasteiger partial charge in [-0.3, -0.25) is 9.59 Å². The van der Waals surface area contributed by atoms with Gasteiger partial charge < -0.3 is 5.32 Å². The molecule has 29 heavy (non-hydrogen) atoms. The fraction of sp³-hybridized carbons (Fsp3) is 0.130. The number of nitrogens with zero attached hydrogens (tertiary/aromatic N) is 1. The third-order valence-corrected chi connectivity index (χ3v) is 5.92. The Morgan fingerprint density at radius 1 is 0.931 bits per heavy atom. The van der Waals surface area contributed by atoms with Gasteiger partial charge in [0.25, 0.3) is 11.8 Å². The summed E-state index contributed by atoms with van der Waals surface area (Å²) in [6, 6.07) is 18.3. The van der Waals surface area contributed by atoms with E-state index in [-0.39, 0.29) is 17.5 Å². The summed E-state index contributed by atoms with van der Waals surface area (Å²) in [5.74, 6) is -0.310. The molecule has 0 spiro atoms. The van der Waals surface area contributed by atoms with E-state index in [1.54, 1.807) is 24.3 Å². The van der Waals surface area contributed by atoms with Gasteiger partial charge in [-0.25, -0.2) is 4.90 Å². The number of imide groups is 1. The second-order valence-corrected chi connectivity index (χ2v) is 8.44. The normalized spacial score (nSPS) is 14.3. The topological polar surface area (TPSA) is 49.4 Å². The first kappa shape index (κ1) is 19.4. The van der Waals surface area contributed by atoms with Crippen molar-refractivity contribution in [1.29, 1.82) is 0 Å². The first-order valence-corrected chi connectivity index (χ1v) is 10.5. The van der Waals surface area contributed by atoms with E-state index in [9.17, 15) is 9.59 Å². The first-order chi connectivity index (χ1) is 14.0. The van der Waals surface area contributed by atoms with Crippen LogP contribution in [0.15, 0.2) is 71.7 Å². The SMILES string of the molecule is CC(C)c1ccc(NC2=C(c3cccs3)C(=O)N(c3ccc(Cl)cc3)C2=O)cc1. The molecule has 1 aromatic heterocycles. The fourth-order valence-electron chi connectivity index (χ4n) is 3.22.